The van der Waals surface area contributed by atoms with Crippen LogP contribution < -0.4 is 10.9 Å². The molecule has 0 radical (unpaired) electrons. The minimum atomic E-state index is -1.70. The number of rotatable bonds is 4. The second kappa shape index (κ2) is 8.95. The molecule has 1 N–H and O–H groups in total. The minimum Gasteiger partial charge on any atom is -0.336 e. The Morgan fingerprint density at radius 1 is 1.00 bits per heavy atom. The molecule has 2 aromatic carbocycles. The van der Waals surface area contributed by atoms with E-state index in [0.29, 0.717) is 19.6 Å². The number of carbonyl (C=O) groups excluding carboxylic acids is 1. The van der Waals surface area contributed by atoms with Gasteiger partial charge in [-0.15, -0.1) is 0 Å². The van der Waals surface area contributed by atoms with Gasteiger partial charge in [0.15, 0.2) is 0 Å². The second-order valence-electron chi connectivity index (χ2n) is 8.98. The first-order valence-corrected chi connectivity index (χ1v) is 12.2. The number of piperidine rings is 1. The lowest BCUT2D eigenvalue weighted by atomic mass is 9.83. The first-order valence-electron chi connectivity index (χ1n) is 11.1. The predicted molar refractivity (Wildman–Crippen MR) is 133 cm³/mol. The molecule has 1 amide bonds. The lowest BCUT2D eigenvalue weighted by Crippen LogP contribution is -2.60. The number of likely N-dealkylation sites (tertiary alicyclic amines) is 1. The van der Waals surface area contributed by atoms with Crippen LogP contribution in [0.1, 0.15) is 23.6 Å². The summed E-state index contributed by atoms with van der Waals surface area (Å²) in [7, 11) is 0. The zero-order valence-corrected chi connectivity index (χ0v) is 20.2. The van der Waals surface area contributed by atoms with E-state index in [4.69, 9.17) is 34.8 Å². The number of nitrogens with one attached hydrogen (secondary N) is 1. The van der Waals surface area contributed by atoms with Crippen molar-refractivity contribution in [2.24, 2.45) is 5.92 Å². The molecule has 0 saturated carbocycles. The van der Waals surface area contributed by atoms with E-state index >= 15 is 0 Å². The van der Waals surface area contributed by atoms with Crippen LogP contribution in [0.15, 0.2) is 65.5 Å². The normalized spacial score (nSPS) is 21.4. The lowest BCUT2D eigenvalue weighted by molar-refractivity contribution is -0.122. The van der Waals surface area contributed by atoms with Crippen molar-refractivity contribution in [3.05, 3.63) is 82.3 Å². The molecule has 1 fully saturated rings. The standard InChI is InChI=1S/C25H24Cl3N3O2/c26-25(27,28)24(29-22(32)12-18-7-3-6-17-5-1-2-8-20(17)18)30-13-16-11-19(15-30)21-9-4-10-23(33)31(21)14-16/h1-10,16,19,24H,11-15H2,(H,29,32)/t16-,19+,24-/m0/s1. The topological polar surface area (TPSA) is 54.3 Å². The Hall–Kier alpha value is -2.05. The molecule has 2 aliphatic rings. The zero-order valence-electron chi connectivity index (χ0n) is 17.9. The third-order valence-electron chi connectivity index (χ3n) is 6.71. The number of amides is 1. The molecule has 5 nitrogen and oxygen atoms in total. The smallest absolute Gasteiger partial charge is 0.250 e. The highest BCUT2D eigenvalue weighted by atomic mass is 35.6. The molecular weight excluding hydrogens is 481 g/mol. The van der Waals surface area contributed by atoms with Crippen LogP contribution in [0, 0.1) is 5.92 Å². The summed E-state index contributed by atoms with van der Waals surface area (Å²) < 4.78 is 0.163. The molecule has 1 aromatic heterocycles. The van der Waals surface area contributed by atoms with Gasteiger partial charge < -0.3 is 9.88 Å². The van der Waals surface area contributed by atoms with E-state index in [0.717, 1.165) is 28.5 Å². The molecule has 8 heteroatoms. The SMILES string of the molecule is O=C(Cc1cccc2ccccc12)N[C@@H](N1C[C@@H]2C[C@H](C1)c1cccc(=O)n1C2)C(Cl)(Cl)Cl. The zero-order chi connectivity index (χ0) is 23.2. The number of hydrogen-bond donors (Lipinski definition) is 1. The summed E-state index contributed by atoms with van der Waals surface area (Å²) in [4.78, 5) is 27.4. The van der Waals surface area contributed by atoms with Crippen LogP contribution in [-0.2, 0) is 17.8 Å². The molecular formula is C25H24Cl3N3O2. The predicted octanol–water partition coefficient (Wildman–Crippen LogP) is 4.48. The average molecular weight is 505 g/mol. The van der Waals surface area contributed by atoms with E-state index < -0.39 is 9.96 Å². The van der Waals surface area contributed by atoms with Crippen LogP contribution in [0.4, 0.5) is 0 Å². The number of fused-ring (bicyclic) bond motifs is 5. The van der Waals surface area contributed by atoms with Crippen molar-refractivity contribution in [3.8, 4) is 0 Å². The third-order valence-corrected chi connectivity index (χ3v) is 7.33. The van der Waals surface area contributed by atoms with Crippen molar-refractivity contribution in [1.29, 1.82) is 0 Å². The highest BCUT2D eigenvalue weighted by molar-refractivity contribution is 6.68. The van der Waals surface area contributed by atoms with Gasteiger partial charge in [0, 0.05) is 37.3 Å². The Labute approximate surface area is 207 Å². The Bertz CT molecular complexity index is 1250. The molecule has 172 valence electrons. The number of alkyl halides is 3. The molecule has 0 aliphatic carbocycles. The number of carbonyl (C=O) groups is 1. The minimum absolute atomic E-state index is 0.0250. The number of halogens is 3. The fourth-order valence-electron chi connectivity index (χ4n) is 5.35. The highest BCUT2D eigenvalue weighted by Gasteiger charge is 2.44. The van der Waals surface area contributed by atoms with E-state index in [2.05, 4.69) is 5.32 Å². The van der Waals surface area contributed by atoms with E-state index in [1.165, 1.54) is 0 Å². The van der Waals surface area contributed by atoms with Crippen LogP contribution in [0.3, 0.4) is 0 Å². The number of hydrogen-bond acceptors (Lipinski definition) is 3. The van der Waals surface area contributed by atoms with Crippen LogP contribution in [0.25, 0.3) is 10.8 Å². The summed E-state index contributed by atoms with van der Waals surface area (Å²) in [5, 5.41) is 5.11. The van der Waals surface area contributed by atoms with Crippen LogP contribution in [-0.4, -0.2) is 38.4 Å². The number of benzene rings is 2. The third kappa shape index (κ3) is 4.65. The van der Waals surface area contributed by atoms with Gasteiger partial charge in [-0.2, -0.15) is 0 Å². The monoisotopic (exact) mass is 503 g/mol. The number of nitrogens with zero attached hydrogens (tertiary/aromatic N) is 2. The Morgan fingerprint density at radius 2 is 1.76 bits per heavy atom. The molecule has 3 aromatic rings. The quantitative estimate of drug-likeness (QED) is 0.533. The Balaban J connectivity index is 1.36. The van der Waals surface area contributed by atoms with E-state index in [1.807, 2.05) is 58.0 Å². The summed E-state index contributed by atoms with van der Waals surface area (Å²) in [6.45, 7) is 1.88. The summed E-state index contributed by atoms with van der Waals surface area (Å²) >= 11 is 19.1. The van der Waals surface area contributed by atoms with Gasteiger partial charge in [-0.05, 0) is 34.7 Å². The van der Waals surface area contributed by atoms with Gasteiger partial charge in [0.2, 0.25) is 9.70 Å². The molecule has 1 saturated heterocycles. The maximum absolute atomic E-state index is 13.1. The molecule has 33 heavy (non-hydrogen) atoms. The molecule has 2 aliphatic heterocycles. The van der Waals surface area contributed by atoms with Crippen molar-refractivity contribution < 1.29 is 4.79 Å². The fourth-order valence-corrected chi connectivity index (χ4v) is 5.93. The second-order valence-corrected chi connectivity index (χ2v) is 11.3. The highest BCUT2D eigenvalue weighted by Crippen LogP contribution is 2.40. The molecule has 5 rings (SSSR count). The van der Waals surface area contributed by atoms with Crippen LogP contribution >= 0.6 is 34.8 Å². The van der Waals surface area contributed by atoms with Gasteiger partial charge in [-0.25, -0.2) is 0 Å². The van der Waals surface area contributed by atoms with Gasteiger partial charge >= 0.3 is 0 Å². The number of pyridine rings is 1. The molecule has 0 unspecified atom stereocenters. The molecule has 3 heterocycles. The summed E-state index contributed by atoms with van der Waals surface area (Å²) in [5.41, 5.74) is 1.96. The van der Waals surface area contributed by atoms with Gasteiger partial charge in [-0.3, -0.25) is 14.5 Å². The fraction of sp³-hybridized carbons (Fsp3) is 0.360. The summed E-state index contributed by atoms with van der Waals surface area (Å²) in [6, 6.07) is 19.3. The molecule has 2 bridgehead atoms. The van der Waals surface area contributed by atoms with Crippen molar-refractivity contribution in [3.63, 3.8) is 0 Å². The van der Waals surface area contributed by atoms with E-state index in [-0.39, 0.29) is 29.7 Å². The molecule has 3 atom stereocenters. The van der Waals surface area contributed by atoms with Crippen molar-refractivity contribution in [2.45, 2.75) is 35.3 Å². The van der Waals surface area contributed by atoms with E-state index in [9.17, 15) is 9.59 Å². The van der Waals surface area contributed by atoms with Gasteiger partial charge in [-0.1, -0.05) is 83.3 Å². The largest absolute Gasteiger partial charge is 0.336 e. The Kier molecular flexibility index (Phi) is 6.17. The van der Waals surface area contributed by atoms with Crippen molar-refractivity contribution in [2.75, 3.05) is 13.1 Å². The number of aromatic nitrogens is 1. The molecule has 0 spiro atoms. The van der Waals surface area contributed by atoms with Gasteiger partial charge in [0.1, 0.15) is 6.17 Å². The van der Waals surface area contributed by atoms with E-state index in [1.54, 1.807) is 12.1 Å². The van der Waals surface area contributed by atoms with Gasteiger partial charge in [0.05, 0.1) is 6.42 Å². The summed E-state index contributed by atoms with van der Waals surface area (Å²) in [6.07, 6.45) is 0.408. The maximum Gasteiger partial charge on any atom is 0.250 e. The average Bonchev–Trinajstić information content (AvgIpc) is 2.78. The summed E-state index contributed by atoms with van der Waals surface area (Å²) in [5.74, 6) is 0.201. The lowest BCUT2D eigenvalue weighted by Gasteiger charge is -2.47. The van der Waals surface area contributed by atoms with Crippen LogP contribution in [0.5, 0.6) is 0 Å². The maximum atomic E-state index is 13.1. The first-order chi connectivity index (χ1) is 15.8. The van der Waals surface area contributed by atoms with Crippen molar-refractivity contribution in [1.82, 2.24) is 14.8 Å². The Morgan fingerprint density at radius 3 is 2.58 bits per heavy atom. The van der Waals surface area contributed by atoms with Crippen molar-refractivity contribution >= 4 is 51.5 Å². The van der Waals surface area contributed by atoms with Crippen LogP contribution in [0.2, 0.25) is 0 Å². The first kappa shape index (κ1) is 22.7. The van der Waals surface area contributed by atoms with Gasteiger partial charge in [0.25, 0.3) is 5.56 Å².